The van der Waals surface area contributed by atoms with E-state index in [-0.39, 0.29) is 16.9 Å². The van der Waals surface area contributed by atoms with E-state index >= 15 is 0 Å². The highest BCUT2D eigenvalue weighted by Crippen LogP contribution is 2.39. The number of nitro groups is 1. The van der Waals surface area contributed by atoms with E-state index in [1.165, 1.54) is 0 Å². The molecule has 2 heterocycles. The van der Waals surface area contributed by atoms with E-state index in [9.17, 15) is 14.9 Å². The van der Waals surface area contributed by atoms with Crippen molar-refractivity contribution >= 4 is 5.91 Å². The Morgan fingerprint density at radius 2 is 2.08 bits per heavy atom. The Morgan fingerprint density at radius 1 is 1.28 bits per heavy atom. The third-order valence-corrected chi connectivity index (χ3v) is 4.89. The number of piperidine rings is 1. The third kappa shape index (κ3) is 2.99. The van der Waals surface area contributed by atoms with Crippen LogP contribution in [0.1, 0.15) is 37.6 Å². The van der Waals surface area contributed by atoms with Gasteiger partial charge in [0.15, 0.2) is 0 Å². The van der Waals surface area contributed by atoms with Crippen LogP contribution >= 0.6 is 0 Å². The molecule has 4 rings (SSSR count). The van der Waals surface area contributed by atoms with E-state index in [0.717, 1.165) is 24.8 Å². The van der Waals surface area contributed by atoms with Crippen molar-refractivity contribution in [3.05, 3.63) is 46.3 Å². The van der Waals surface area contributed by atoms with Gasteiger partial charge in [0, 0.05) is 23.5 Å². The van der Waals surface area contributed by atoms with Gasteiger partial charge in [-0.05, 0) is 19.3 Å². The molecular formula is C17H18N4O4. The quantitative estimate of drug-likeness (QED) is 0.624. The summed E-state index contributed by atoms with van der Waals surface area (Å²) in [5.41, 5.74) is 0.849. The van der Waals surface area contributed by atoms with Crippen molar-refractivity contribution in [1.29, 1.82) is 0 Å². The Labute approximate surface area is 144 Å². The molecule has 3 unspecified atom stereocenters. The highest BCUT2D eigenvalue weighted by molar-refractivity contribution is 5.82. The number of likely N-dealkylation sites (tertiary alicyclic amines) is 1. The predicted octanol–water partition coefficient (Wildman–Crippen LogP) is 2.46. The van der Waals surface area contributed by atoms with Gasteiger partial charge in [0.1, 0.15) is 12.0 Å². The molecule has 2 aromatic rings. The maximum atomic E-state index is 12.7. The number of carbonyl (C=O) groups excluding carboxylic acids is 1. The minimum Gasteiger partial charge on any atom is -0.337 e. The van der Waals surface area contributed by atoms with Crippen LogP contribution in [0.3, 0.4) is 0 Å². The lowest BCUT2D eigenvalue weighted by Gasteiger charge is -2.33. The molecule has 25 heavy (non-hydrogen) atoms. The van der Waals surface area contributed by atoms with Gasteiger partial charge in [-0.1, -0.05) is 35.5 Å². The highest BCUT2D eigenvalue weighted by Gasteiger charge is 2.55. The van der Waals surface area contributed by atoms with E-state index in [1.54, 1.807) is 4.90 Å². The molecule has 8 heteroatoms. The first-order valence-electron chi connectivity index (χ1n) is 8.48. The fourth-order valence-corrected chi connectivity index (χ4v) is 3.42. The van der Waals surface area contributed by atoms with Crippen molar-refractivity contribution in [2.24, 2.45) is 5.92 Å². The average Bonchev–Trinajstić information content (AvgIpc) is 3.31. The molecule has 3 atom stereocenters. The first-order chi connectivity index (χ1) is 12.1. The minimum atomic E-state index is -0.738. The van der Waals surface area contributed by atoms with Crippen molar-refractivity contribution in [2.75, 3.05) is 6.54 Å². The van der Waals surface area contributed by atoms with Gasteiger partial charge in [-0.25, -0.2) is 0 Å². The topological polar surface area (TPSA) is 102 Å². The smallest absolute Gasteiger partial charge is 0.249 e. The summed E-state index contributed by atoms with van der Waals surface area (Å²) in [5.74, 6) is 0.228. The van der Waals surface area contributed by atoms with Crippen molar-refractivity contribution in [3.8, 4) is 11.4 Å². The molecule has 2 fully saturated rings. The van der Waals surface area contributed by atoms with Crippen molar-refractivity contribution in [1.82, 2.24) is 15.0 Å². The third-order valence-electron chi connectivity index (χ3n) is 4.89. The second kappa shape index (κ2) is 6.27. The van der Waals surface area contributed by atoms with Crippen molar-refractivity contribution < 1.29 is 14.2 Å². The Kier molecular flexibility index (Phi) is 3.95. The predicted molar refractivity (Wildman–Crippen MR) is 86.9 cm³/mol. The van der Waals surface area contributed by atoms with Crippen LogP contribution in [0.15, 0.2) is 34.9 Å². The van der Waals surface area contributed by atoms with Gasteiger partial charge >= 0.3 is 0 Å². The Balaban J connectivity index is 1.55. The minimum absolute atomic E-state index is 0.161. The monoisotopic (exact) mass is 342 g/mol. The summed E-state index contributed by atoms with van der Waals surface area (Å²) in [5, 5.41) is 14.9. The molecule has 0 bridgehead atoms. The largest absolute Gasteiger partial charge is 0.337 e. The molecule has 1 amide bonds. The van der Waals surface area contributed by atoms with E-state index in [0.29, 0.717) is 24.7 Å². The number of carbonyl (C=O) groups is 1. The number of nitrogens with zero attached hydrogens (tertiary/aromatic N) is 4. The normalized spacial score (nSPS) is 25.6. The second-order valence-electron chi connectivity index (χ2n) is 6.56. The van der Waals surface area contributed by atoms with Gasteiger partial charge in [0.05, 0.1) is 0 Å². The molecule has 2 aliphatic rings. The lowest BCUT2D eigenvalue weighted by atomic mass is 10.0. The lowest BCUT2D eigenvalue weighted by Crippen LogP contribution is -2.40. The fourth-order valence-electron chi connectivity index (χ4n) is 3.42. The van der Waals surface area contributed by atoms with Gasteiger partial charge in [-0.2, -0.15) is 4.98 Å². The molecule has 0 spiro atoms. The Morgan fingerprint density at radius 3 is 2.80 bits per heavy atom. The summed E-state index contributed by atoms with van der Waals surface area (Å²) >= 11 is 0. The molecule has 0 radical (unpaired) electrons. The van der Waals surface area contributed by atoms with E-state index in [4.69, 9.17) is 4.52 Å². The molecule has 130 valence electrons. The van der Waals surface area contributed by atoms with Crippen molar-refractivity contribution in [2.45, 2.75) is 37.8 Å². The summed E-state index contributed by atoms with van der Waals surface area (Å²) in [4.78, 5) is 29.3. The molecule has 8 nitrogen and oxygen atoms in total. The summed E-state index contributed by atoms with van der Waals surface area (Å²) in [6.45, 7) is 0.577. The number of benzene rings is 1. The van der Waals surface area contributed by atoms with Gasteiger partial charge in [-0.3, -0.25) is 14.9 Å². The molecular weight excluding hydrogens is 324 g/mol. The maximum Gasteiger partial charge on any atom is 0.249 e. The molecule has 1 saturated heterocycles. The van der Waals surface area contributed by atoms with Gasteiger partial charge < -0.3 is 9.42 Å². The number of rotatable bonds is 4. The highest BCUT2D eigenvalue weighted by atomic mass is 16.6. The maximum absolute atomic E-state index is 12.7. The molecule has 1 aromatic heterocycles. The van der Waals surface area contributed by atoms with Crippen LogP contribution in [0, 0.1) is 16.0 Å². The summed E-state index contributed by atoms with van der Waals surface area (Å²) in [7, 11) is 0. The molecule has 1 aliphatic heterocycles. The van der Waals surface area contributed by atoms with Crippen molar-refractivity contribution in [3.63, 3.8) is 0 Å². The molecule has 1 aliphatic carbocycles. The summed E-state index contributed by atoms with van der Waals surface area (Å²) < 4.78 is 5.42. The van der Waals surface area contributed by atoms with Crippen LogP contribution in [-0.2, 0) is 4.79 Å². The average molecular weight is 342 g/mol. The first-order valence-corrected chi connectivity index (χ1v) is 8.48. The number of aromatic nitrogens is 2. The molecule has 0 N–H and O–H groups in total. The van der Waals surface area contributed by atoms with Crippen LogP contribution < -0.4 is 0 Å². The van der Waals surface area contributed by atoms with Crippen LogP contribution in [0.25, 0.3) is 11.4 Å². The number of hydrogen-bond donors (Lipinski definition) is 0. The number of amides is 1. The first kappa shape index (κ1) is 15.7. The zero-order valence-corrected chi connectivity index (χ0v) is 13.6. The van der Waals surface area contributed by atoms with Crippen LogP contribution in [-0.4, -0.2) is 38.5 Å². The Hall–Kier alpha value is -2.77. The SMILES string of the molecule is O=C(C1CC1[N+](=O)[O-])N1CCCCC1c1nc(-c2ccccc2)no1. The Bertz CT molecular complexity index is 791. The van der Waals surface area contributed by atoms with Gasteiger partial charge in [-0.15, -0.1) is 0 Å². The lowest BCUT2D eigenvalue weighted by molar-refractivity contribution is -0.497. The molecule has 1 saturated carbocycles. The van der Waals surface area contributed by atoms with Gasteiger partial charge in [0.25, 0.3) is 0 Å². The van der Waals surface area contributed by atoms with Gasteiger partial charge in [0.2, 0.25) is 23.7 Å². The second-order valence-corrected chi connectivity index (χ2v) is 6.56. The number of hydrogen-bond acceptors (Lipinski definition) is 6. The van der Waals surface area contributed by atoms with Crippen LogP contribution in [0.5, 0.6) is 0 Å². The summed E-state index contributed by atoms with van der Waals surface area (Å²) in [6, 6.07) is 8.46. The standard InChI is InChI=1S/C17H18N4O4/c22-17(12-10-14(12)21(23)24)20-9-5-4-8-13(20)16-18-15(19-25-16)11-6-2-1-3-7-11/h1-3,6-7,12-14H,4-5,8-10H2. The fraction of sp³-hybridized carbons (Fsp3) is 0.471. The van der Waals surface area contributed by atoms with Crippen LogP contribution in [0.4, 0.5) is 0 Å². The van der Waals surface area contributed by atoms with E-state index in [1.807, 2.05) is 30.3 Å². The van der Waals surface area contributed by atoms with E-state index < -0.39 is 12.0 Å². The van der Waals surface area contributed by atoms with E-state index in [2.05, 4.69) is 10.1 Å². The zero-order chi connectivity index (χ0) is 17.4. The molecule has 1 aromatic carbocycles. The zero-order valence-electron chi connectivity index (χ0n) is 13.6. The summed E-state index contributed by atoms with van der Waals surface area (Å²) in [6.07, 6.45) is 2.91. The van der Waals surface area contributed by atoms with Crippen LogP contribution in [0.2, 0.25) is 0 Å².